The summed E-state index contributed by atoms with van der Waals surface area (Å²) in [6.07, 6.45) is 0. The molecule has 88 valence electrons. The van der Waals surface area contributed by atoms with E-state index in [4.69, 9.17) is 10.9 Å². The Balaban J connectivity index is 4.46. The molecule has 0 radical (unpaired) electrons. The van der Waals surface area contributed by atoms with Crippen LogP contribution in [0.1, 0.15) is 27.7 Å². The first-order chi connectivity index (χ1) is 6.69. The van der Waals surface area contributed by atoms with Gasteiger partial charge in [0.2, 0.25) is 5.91 Å². The highest BCUT2D eigenvalue weighted by atomic mass is 16.4. The van der Waals surface area contributed by atoms with E-state index in [-0.39, 0.29) is 17.2 Å². The monoisotopic (exact) mass is 215 g/mol. The summed E-state index contributed by atoms with van der Waals surface area (Å²) in [4.78, 5) is 13.4. The smallest absolute Gasteiger partial charge is 0.232 e. The fraction of sp³-hybridized carbons (Fsp3) is 0.800. The number of carbonyl (C=O) groups excluding carboxylic acids is 1. The van der Waals surface area contributed by atoms with Crippen molar-refractivity contribution in [3.05, 3.63) is 0 Å². The zero-order chi connectivity index (χ0) is 12.2. The average Bonchev–Trinajstić information content (AvgIpc) is 2.11. The van der Waals surface area contributed by atoms with Crippen molar-refractivity contribution in [3.63, 3.8) is 0 Å². The lowest BCUT2D eigenvalue weighted by Crippen LogP contribution is -2.41. The minimum absolute atomic E-state index is 0.0370. The van der Waals surface area contributed by atoms with Crippen LogP contribution in [0, 0.1) is 11.3 Å². The Morgan fingerprint density at radius 1 is 1.53 bits per heavy atom. The van der Waals surface area contributed by atoms with E-state index >= 15 is 0 Å². The van der Waals surface area contributed by atoms with Gasteiger partial charge in [-0.1, -0.05) is 25.9 Å². The number of oxime groups is 1. The van der Waals surface area contributed by atoms with Gasteiger partial charge in [-0.05, 0) is 12.3 Å². The molecule has 0 aromatic heterocycles. The second kappa shape index (κ2) is 5.00. The van der Waals surface area contributed by atoms with Crippen LogP contribution < -0.4 is 5.73 Å². The molecule has 0 rings (SSSR count). The lowest BCUT2D eigenvalue weighted by molar-refractivity contribution is -0.132. The zero-order valence-electron chi connectivity index (χ0n) is 10.1. The Kier molecular flexibility index (Phi) is 4.58. The van der Waals surface area contributed by atoms with E-state index < -0.39 is 5.92 Å². The van der Waals surface area contributed by atoms with Crippen LogP contribution in [-0.4, -0.2) is 35.4 Å². The maximum Gasteiger partial charge on any atom is 0.232 e. The molecule has 5 nitrogen and oxygen atoms in total. The number of hydrogen-bond donors (Lipinski definition) is 2. The van der Waals surface area contributed by atoms with Crippen LogP contribution in [0.15, 0.2) is 5.16 Å². The molecule has 0 saturated carbocycles. The average molecular weight is 215 g/mol. The lowest BCUT2D eigenvalue weighted by atomic mass is 9.95. The van der Waals surface area contributed by atoms with Gasteiger partial charge in [0.05, 0.1) is 5.92 Å². The third-order valence-electron chi connectivity index (χ3n) is 2.02. The zero-order valence-corrected chi connectivity index (χ0v) is 10.1. The highest BCUT2D eigenvalue weighted by Gasteiger charge is 2.24. The van der Waals surface area contributed by atoms with E-state index in [0.29, 0.717) is 6.54 Å². The molecule has 1 amide bonds. The molecule has 0 aromatic rings. The molecule has 1 unspecified atom stereocenters. The number of hydrogen-bond acceptors (Lipinski definition) is 3. The van der Waals surface area contributed by atoms with E-state index in [1.54, 1.807) is 18.9 Å². The summed E-state index contributed by atoms with van der Waals surface area (Å²) in [6.45, 7) is 8.40. The van der Waals surface area contributed by atoms with Crippen molar-refractivity contribution in [2.24, 2.45) is 22.2 Å². The van der Waals surface area contributed by atoms with Crippen molar-refractivity contribution in [2.45, 2.75) is 27.7 Å². The molecule has 0 heterocycles. The van der Waals surface area contributed by atoms with Crippen LogP contribution in [0.4, 0.5) is 0 Å². The van der Waals surface area contributed by atoms with Crippen molar-refractivity contribution in [1.82, 2.24) is 4.90 Å². The molecule has 0 aliphatic rings. The Morgan fingerprint density at radius 2 is 2.00 bits per heavy atom. The predicted molar refractivity (Wildman–Crippen MR) is 59.7 cm³/mol. The highest BCUT2D eigenvalue weighted by molar-refractivity contribution is 6.01. The van der Waals surface area contributed by atoms with Crippen LogP contribution in [0.5, 0.6) is 0 Å². The van der Waals surface area contributed by atoms with Gasteiger partial charge in [-0.25, -0.2) is 0 Å². The molecule has 0 fully saturated rings. The minimum atomic E-state index is -0.581. The van der Waals surface area contributed by atoms with Crippen LogP contribution in [-0.2, 0) is 4.79 Å². The van der Waals surface area contributed by atoms with Gasteiger partial charge in [0.25, 0.3) is 0 Å². The van der Waals surface area contributed by atoms with E-state index in [1.807, 2.05) is 20.8 Å². The molecule has 0 aliphatic heterocycles. The minimum Gasteiger partial charge on any atom is -0.409 e. The molecular formula is C10H21N3O2. The maximum absolute atomic E-state index is 11.8. The molecule has 0 bridgehead atoms. The van der Waals surface area contributed by atoms with Crippen molar-refractivity contribution in [1.29, 1.82) is 0 Å². The topological polar surface area (TPSA) is 78.9 Å². The summed E-state index contributed by atoms with van der Waals surface area (Å²) in [6, 6.07) is 0. The number of nitrogens with zero attached hydrogens (tertiary/aromatic N) is 2. The van der Waals surface area contributed by atoms with E-state index in [2.05, 4.69) is 5.16 Å². The molecule has 1 atom stereocenters. The second-order valence-corrected chi connectivity index (χ2v) is 5.00. The summed E-state index contributed by atoms with van der Waals surface area (Å²) in [5, 5.41) is 11.3. The molecule has 0 aliphatic carbocycles. The van der Waals surface area contributed by atoms with Crippen LogP contribution in [0.2, 0.25) is 0 Å². The summed E-state index contributed by atoms with van der Waals surface area (Å²) in [7, 11) is 1.72. The highest BCUT2D eigenvalue weighted by Crippen LogP contribution is 2.15. The third-order valence-corrected chi connectivity index (χ3v) is 2.02. The first-order valence-electron chi connectivity index (χ1n) is 4.91. The van der Waals surface area contributed by atoms with Crippen LogP contribution in [0.3, 0.4) is 0 Å². The Hall–Kier alpha value is -1.26. The molecule has 5 heteroatoms. The first kappa shape index (κ1) is 13.7. The third kappa shape index (κ3) is 4.67. The van der Waals surface area contributed by atoms with Gasteiger partial charge in [0, 0.05) is 13.6 Å². The van der Waals surface area contributed by atoms with Crippen molar-refractivity contribution in [2.75, 3.05) is 13.6 Å². The van der Waals surface area contributed by atoms with Gasteiger partial charge in [-0.15, -0.1) is 0 Å². The number of carbonyl (C=O) groups is 1. The van der Waals surface area contributed by atoms with Gasteiger partial charge in [0.15, 0.2) is 5.84 Å². The van der Waals surface area contributed by atoms with E-state index in [0.717, 1.165) is 0 Å². The van der Waals surface area contributed by atoms with Crippen molar-refractivity contribution < 1.29 is 10.0 Å². The lowest BCUT2D eigenvalue weighted by Gasteiger charge is -2.28. The van der Waals surface area contributed by atoms with Gasteiger partial charge in [-0.2, -0.15) is 0 Å². The quantitative estimate of drug-likeness (QED) is 0.317. The van der Waals surface area contributed by atoms with Gasteiger partial charge >= 0.3 is 0 Å². The van der Waals surface area contributed by atoms with E-state index in [9.17, 15) is 4.79 Å². The second-order valence-electron chi connectivity index (χ2n) is 5.00. The fourth-order valence-corrected chi connectivity index (χ4v) is 1.33. The fourth-order valence-electron chi connectivity index (χ4n) is 1.33. The van der Waals surface area contributed by atoms with Crippen molar-refractivity contribution in [3.8, 4) is 0 Å². The molecule has 3 N–H and O–H groups in total. The number of amides is 1. The summed E-state index contributed by atoms with van der Waals surface area (Å²) in [5.74, 6) is -0.775. The number of rotatable bonds is 3. The normalized spacial score (nSPS) is 14.9. The van der Waals surface area contributed by atoms with Gasteiger partial charge in [0.1, 0.15) is 0 Å². The first-order valence-corrected chi connectivity index (χ1v) is 4.91. The Bertz CT molecular complexity index is 256. The van der Waals surface area contributed by atoms with Crippen molar-refractivity contribution >= 4 is 11.7 Å². The van der Waals surface area contributed by atoms with Gasteiger partial charge in [-0.3, -0.25) is 4.79 Å². The number of amidine groups is 1. The summed E-state index contributed by atoms with van der Waals surface area (Å²) in [5.41, 5.74) is 5.41. The summed E-state index contributed by atoms with van der Waals surface area (Å²) >= 11 is 0. The van der Waals surface area contributed by atoms with Crippen LogP contribution >= 0.6 is 0 Å². The predicted octanol–water partition coefficient (Wildman–Crippen LogP) is 0.873. The standard InChI is InChI=1S/C10H21N3O2/c1-7(8(11)12-15)9(14)13(5)6-10(2,3)4/h7,15H,6H2,1-5H3,(H2,11,12). The molecule has 0 spiro atoms. The summed E-state index contributed by atoms with van der Waals surface area (Å²) < 4.78 is 0. The molecular weight excluding hydrogens is 194 g/mol. The van der Waals surface area contributed by atoms with E-state index in [1.165, 1.54) is 0 Å². The maximum atomic E-state index is 11.8. The number of nitrogens with two attached hydrogens (primary N) is 1. The van der Waals surface area contributed by atoms with Gasteiger partial charge < -0.3 is 15.8 Å². The largest absolute Gasteiger partial charge is 0.409 e. The molecule has 0 saturated heterocycles. The SMILES string of the molecule is CC(C(=O)N(C)CC(C)(C)C)C(N)=NO. The Morgan fingerprint density at radius 3 is 2.33 bits per heavy atom. The molecule has 0 aromatic carbocycles. The molecule has 15 heavy (non-hydrogen) atoms. The Labute approximate surface area is 90.9 Å². The van der Waals surface area contributed by atoms with Crippen LogP contribution in [0.25, 0.3) is 0 Å².